The van der Waals surface area contributed by atoms with Crippen LogP contribution < -0.4 is 4.90 Å². The van der Waals surface area contributed by atoms with Crippen molar-refractivity contribution in [3.05, 3.63) is 10.6 Å². The molecule has 102 valence electrons. The summed E-state index contributed by atoms with van der Waals surface area (Å²) in [4.78, 5) is 18.0. The normalized spacial score (nSPS) is 10.9. The number of carbonyl (C=O) groups is 1. The number of nitrogens with zero attached hydrogens (tertiary/aromatic N) is 2. The van der Waals surface area contributed by atoms with E-state index in [1.54, 1.807) is 14.0 Å². The highest BCUT2D eigenvalue weighted by Crippen LogP contribution is 2.26. The van der Waals surface area contributed by atoms with Crippen LogP contribution in [0.2, 0.25) is 0 Å². The van der Waals surface area contributed by atoms with Gasteiger partial charge in [0.1, 0.15) is 0 Å². The smallest absolute Gasteiger partial charge is 0.355 e. The van der Waals surface area contributed by atoms with E-state index in [9.17, 15) is 4.79 Å². The SMILES string of the molecule is COCCN(CC(C)C)c1nc(C(=O)O)c(C)s1. The van der Waals surface area contributed by atoms with Gasteiger partial charge in [-0.2, -0.15) is 0 Å². The number of hydrogen-bond donors (Lipinski definition) is 1. The van der Waals surface area contributed by atoms with E-state index < -0.39 is 5.97 Å². The van der Waals surface area contributed by atoms with Gasteiger partial charge in [-0.05, 0) is 12.8 Å². The average molecular weight is 272 g/mol. The number of thiazole rings is 1. The minimum absolute atomic E-state index is 0.154. The standard InChI is InChI=1S/C12H20N2O3S/c1-8(2)7-14(5-6-17-4)12-13-10(11(15)16)9(3)18-12/h8H,5-7H2,1-4H3,(H,15,16). The third kappa shape index (κ3) is 3.96. The third-order valence-corrected chi connectivity index (χ3v) is 3.44. The second-order valence-electron chi connectivity index (χ2n) is 4.54. The van der Waals surface area contributed by atoms with Crippen LogP contribution in [0.3, 0.4) is 0 Å². The molecule has 1 N–H and O–H groups in total. The van der Waals surface area contributed by atoms with Crippen LogP contribution in [-0.2, 0) is 4.74 Å². The Morgan fingerprint density at radius 1 is 1.56 bits per heavy atom. The monoisotopic (exact) mass is 272 g/mol. The van der Waals surface area contributed by atoms with Gasteiger partial charge in [0.2, 0.25) is 0 Å². The van der Waals surface area contributed by atoms with Gasteiger partial charge in [0.05, 0.1) is 6.61 Å². The summed E-state index contributed by atoms with van der Waals surface area (Å²) in [5.74, 6) is -0.481. The first-order valence-electron chi connectivity index (χ1n) is 5.90. The minimum Gasteiger partial charge on any atom is -0.476 e. The molecule has 0 saturated carbocycles. The predicted molar refractivity (Wildman–Crippen MR) is 72.7 cm³/mol. The molecular weight excluding hydrogens is 252 g/mol. The van der Waals surface area contributed by atoms with Crippen LogP contribution in [0.5, 0.6) is 0 Å². The van der Waals surface area contributed by atoms with E-state index in [1.807, 2.05) is 0 Å². The van der Waals surface area contributed by atoms with Crippen molar-refractivity contribution in [2.45, 2.75) is 20.8 Å². The van der Waals surface area contributed by atoms with Crippen LogP contribution in [0.4, 0.5) is 5.13 Å². The fraction of sp³-hybridized carbons (Fsp3) is 0.667. The van der Waals surface area contributed by atoms with Gasteiger partial charge in [0.15, 0.2) is 10.8 Å². The first-order chi connectivity index (χ1) is 8.45. The van der Waals surface area contributed by atoms with Gasteiger partial charge in [-0.25, -0.2) is 9.78 Å². The largest absolute Gasteiger partial charge is 0.476 e. The molecular formula is C12H20N2O3S. The summed E-state index contributed by atoms with van der Waals surface area (Å²) in [5, 5.41) is 9.78. The van der Waals surface area contributed by atoms with Crippen LogP contribution in [0.15, 0.2) is 0 Å². The van der Waals surface area contributed by atoms with E-state index in [-0.39, 0.29) is 5.69 Å². The number of carboxylic acid groups (broad SMARTS) is 1. The maximum absolute atomic E-state index is 11.0. The number of aromatic carboxylic acids is 1. The number of aromatic nitrogens is 1. The van der Waals surface area contributed by atoms with Gasteiger partial charge in [-0.1, -0.05) is 13.8 Å². The second-order valence-corrected chi connectivity index (χ2v) is 5.72. The van der Waals surface area contributed by atoms with E-state index in [0.29, 0.717) is 12.5 Å². The number of ether oxygens (including phenoxy) is 1. The topological polar surface area (TPSA) is 62.7 Å². The Balaban J connectivity index is 2.90. The lowest BCUT2D eigenvalue weighted by Gasteiger charge is -2.23. The highest BCUT2D eigenvalue weighted by atomic mass is 32.1. The molecule has 1 rings (SSSR count). The molecule has 0 spiro atoms. The summed E-state index contributed by atoms with van der Waals surface area (Å²) in [6.07, 6.45) is 0. The Labute approximate surface area is 111 Å². The van der Waals surface area contributed by atoms with Crippen molar-refractivity contribution >= 4 is 22.4 Å². The molecule has 0 amide bonds. The molecule has 0 saturated heterocycles. The molecule has 0 atom stereocenters. The predicted octanol–water partition coefficient (Wildman–Crippen LogP) is 2.26. The molecule has 5 nitrogen and oxygen atoms in total. The first kappa shape index (κ1) is 14.9. The summed E-state index contributed by atoms with van der Waals surface area (Å²) < 4.78 is 5.08. The highest BCUT2D eigenvalue weighted by Gasteiger charge is 2.18. The van der Waals surface area contributed by atoms with Gasteiger partial charge in [0.25, 0.3) is 0 Å². The van der Waals surface area contributed by atoms with Crippen molar-refractivity contribution in [1.82, 2.24) is 4.98 Å². The molecule has 0 radical (unpaired) electrons. The molecule has 0 aromatic carbocycles. The zero-order valence-electron chi connectivity index (χ0n) is 11.3. The van der Waals surface area contributed by atoms with Crippen molar-refractivity contribution in [3.63, 3.8) is 0 Å². The Kier molecular flexibility index (Phi) is 5.55. The number of rotatable bonds is 7. The van der Waals surface area contributed by atoms with Crippen molar-refractivity contribution in [3.8, 4) is 0 Å². The van der Waals surface area contributed by atoms with Crippen LogP contribution in [-0.4, -0.2) is 42.9 Å². The zero-order valence-corrected chi connectivity index (χ0v) is 12.1. The molecule has 0 aliphatic heterocycles. The third-order valence-electron chi connectivity index (χ3n) is 2.41. The average Bonchev–Trinajstić information content (AvgIpc) is 2.66. The van der Waals surface area contributed by atoms with Crippen LogP contribution in [0.25, 0.3) is 0 Å². The van der Waals surface area contributed by atoms with E-state index in [0.717, 1.165) is 23.1 Å². The molecule has 0 unspecified atom stereocenters. The molecule has 1 aromatic rings. The Morgan fingerprint density at radius 3 is 2.67 bits per heavy atom. The van der Waals surface area contributed by atoms with E-state index in [2.05, 4.69) is 23.7 Å². The van der Waals surface area contributed by atoms with Crippen molar-refractivity contribution in [1.29, 1.82) is 0 Å². The lowest BCUT2D eigenvalue weighted by Crippen LogP contribution is -2.30. The Morgan fingerprint density at radius 2 is 2.22 bits per heavy atom. The number of carboxylic acids is 1. The molecule has 1 heterocycles. The number of anilines is 1. The van der Waals surface area contributed by atoms with Gasteiger partial charge >= 0.3 is 5.97 Å². The maximum Gasteiger partial charge on any atom is 0.355 e. The van der Waals surface area contributed by atoms with Crippen LogP contribution >= 0.6 is 11.3 Å². The molecule has 18 heavy (non-hydrogen) atoms. The van der Waals surface area contributed by atoms with Crippen molar-refractivity contribution in [2.24, 2.45) is 5.92 Å². The lowest BCUT2D eigenvalue weighted by atomic mass is 10.2. The first-order valence-corrected chi connectivity index (χ1v) is 6.72. The number of methoxy groups -OCH3 is 1. The zero-order chi connectivity index (χ0) is 13.7. The molecule has 6 heteroatoms. The molecule has 0 bridgehead atoms. The van der Waals surface area contributed by atoms with E-state index >= 15 is 0 Å². The summed E-state index contributed by atoms with van der Waals surface area (Å²) in [6, 6.07) is 0. The van der Waals surface area contributed by atoms with Crippen LogP contribution in [0.1, 0.15) is 29.2 Å². The molecule has 0 aliphatic carbocycles. The quantitative estimate of drug-likeness (QED) is 0.825. The molecule has 0 aliphatic rings. The van der Waals surface area contributed by atoms with Gasteiger partial charge in [-0.15, -0.1) is 11.3 Å². The van der Waals surface area contributed by atoms with Gasteiger partial charge in [0, 0.05) is 25.1 Å². The summed E-state index contributed by atoms with van der Waals surface area (Å²) in [5.41, 5.74) is 0.154. The number of hydrogen-bond acceptors (Lipinski definition) is 5. The summed E-state index contributed by atoms with van der Waals surface area (Å²) >= 11 is 1.42. The van der Waals surface area contributed by atoms with Crippen molar-refractivity contribution < 1.29 is 14.6 Å². The lowest BCUT2D eigenvalue weighted by molar-refractivity contribution is 0.0690. The Hall–Kier alpha value is -1.14. The van der Waals surface area contributed by atoms with Crippen molar-refractivity contribution in [2.75, 3.05) is 31.7 Å². The molecule has 0 fully saturated rings. The fourth-order valence-corrected chi connectivity index (χ4v) is 2.56. The van der Waals surface area contributed by atoms with E-state index in [1.165, 1.54) is 11.3 Å². The van der Waals surface area contributed by atoms with Gasteiger partial charge in [-0.3, -0.25) is 0 Å². The van der Waals surface area contributed by atoms with Gasteiger partial charge < -0.3 is 14.7 Å². The van der Waals surface area contributed by atoms with E-state index in [4.69, 9.17) is 9.84 Å². The summed E-state index contributed by atoms with van der Waals surface area (Å²) in [6.45, 7) is 8.20. The maximum atomic E-state index is 11.0. The Bertz CT molecular complexity index is 404. The second kappa shape index (κ2) is 6.70. The summed E-state index contributed by atoms with van der Waals surface area (Å²) in [7, 11) is 1.66. The van der Waals surface area contributed by atoms with Crippen LogP contribution in [0, 0.1) is 12.8 Å². The highest BCUT2D eigenvalue weighted by molar-refractivity contribution is 7.15. The minimum atomic E-state index is -0.966. The molecule has 1 aromatic heterocycles. The number of aryl methyl sites for hydroxylation is 1. The fourth-order valence-electron chi connectivity index (χ4n) is 1.62.